The Hall–Kier alpha value is -3.54. The molecule has 0 radical (unpaired) electrons. The Morgan fingerprint density at radius 3 is 2.19 bits per heavy atom. The summed E-state index contributed by atoms with van der Waals surface area (Å²) in [4.78, 5) is 23.9. The monoisotopic (exact) mass is 364 g/mol. The van der Waals surface area contributed by atoms with Crippen LogP contribution in [0, 0.1) is 0 Å². The molecule has 0 atom stereocenters. The number of carbonyl (C=O) groups is 2. The summed E-state index contributed by atoms with van der Waals surface area (Å²) in [7, 11) is 0. The fourth-order valence-corrected chi connectivity index (χ4v) is 2.40. The molecule has 2 amide bonds. The predicted octanol–water partition coefficient (Wildman–Crippen LogP) is 4.11. The third-order valence-corrected chi connectivity index (χ3v) is 3.87. The normalized spacial score (nSPS) is 10.3. The highest BCUT2D eigenvalue weighted by molar-refractivity contribution is 6.02. The van der Waals surface area contributed by atoms with Gasteiger partial charge in [0.15, 0.2) is 12.4 Å². The number of carbonyl (C=O) groups excluding carboxylic acids is 2. The summed E-state index contributed by atoms with van der Waals surface area (Å²) in [5.74, 6) is 0.288. The molecule has 3 aromatic rings. The lowest BCUT2D eigenvalue weighted by molar-refractivity contribution is -0.118. The minimum atomic E-state index is -0.334. The van der Waals surface area contributed by atoms with E-state index in [0.717, 1.165) is 6.42 Å². The van der Waals surface area contributed by atoms with Gasteiger partial charge < -0.3 is 19.8 Å². The zero-order valence-corrected chi connectivity index (χ0v) is 14.9. The van der Waals surface area contributed by atoms with Gasteiger partial charge in [0, 0.05) is 11.4 Å². The van der Waals surface area contributed by atoms with E-state index in [1.54, 1.807) is 36.4 Å². The number of nitrogens with one attached hydrogen (secondary N) is 2. The molecular weight excluding hydrogens is 344 g/mol. The minimum absolute atomic E-state index is 0.0809. The van der Waals surface area contributed by atoms with Crippen molar-refractivity contribution in [3.63, 3.8) is 0 Å². The molecule has 0 saturated carbocycles. The fourth-order valence-electron chi connectivity index (χ4n) is 2.40. The van der Waals surface area contributed by atoms with Gasteiger partial charge in [0.1, 0.15) is 5.75 Å². The quantitative estimate of drug-likeness (QED) is 0.661. The molecule has 1 aromatic heterocycles. The van der Waals surface area contributed by atoms with Crippen molar-refractivity contribution in [2.24, 2.45) is 0 Å². The van der Waals surface area contributed by atoms with E-state index in [1.165, 1.54) is 11.8 Å². The Bertz CT molecular complexity index is 885. The number of benzene rings is 2. The SMILES string of the molecule is CCc1ccc(OCC(=O)Nc2ccc(NC(=O)c3ccco3)cc2)cc1. The van der Waals surface area contributed by atoms with Gasteiger partial charge in [-0.25, -0.2) is 0 Å². The molecule has 0 bridgehead atoms. The molecule has 0 fully saturated rings. The van der Waals surface area contributed by atoms with E-state index in [2.05, 4.69) is 17.6 Å². The van der Waals surface area contributed by atoms with Gasteiger partial charge in [-0.3, -0.25) is 9.59 Å². The molecule has 2 N–H and O–H groups in total. The molecule has 2 aromatic carbocycles. The Balaban J connectivity index is 1.48. The highest BCUT2D eigenvalue weighted by atomic mass is 16.5. The molecule has 0 spiro atoms. The molecular formula is C21H20N2O4. The van der Waals surface area contributed by atoms with E-state index in [9.17, 15) is 9.59 Å². The Labute approximate surface area is 157 Å². The lowest BCUT2D eigenvalue weighted by Gasteiger charge is -2.09. The van der Waals surface area contributed by atoms with Crippen LogP contribution in [-0.4, -0.2) is 18.4 Å². The molecule has 6 nitrogen and oxygen atoms in total. The van der Waals surface area contributed by atoms with Gasteiger partial charge in [0.2, 0.25) is 0 Å². The molecule has 0 aliphatic carbocycles. The second kappa shape index (κ2) is 8.71. The number of ether oxygens (including phenoxy) is 1. The standard InChI is InChI=1S/C21H20N2O4/c1-2-15-5-11-18(12-6-15)27-14-20(24)22-16-7-9-17(10-8-16)23-21(25)19-4-3-13-26-19/h3-13H,2,14H2,1H3,(H,22,24)(H,23,25). The highest BCUT2D eigenvalue weighted by Gasteiger charge is 2.09. The molecule has 1 heterocycles. The zero-order chi connectivity index (χ0) is 19.1. The Morgan fingerprint density at radius 2 is 1.59 bits per heavy atom. The van der Waals surface area contributed by atoms with E-state index in [-0.39, 0.29) is 24.2 Å². The Kier molecular flexibility index (Phi) is 5.89. The van der Waals surface area contributed by atoms with Crippen molar-refractivity contribution in [3.8, 4) is 5.75 Å². The van der Waals surface area contributed by atoms with Crippen molar-refractivity contribution in [1.29, 1.82) is 0 Å². The maximum absolute atomic E-state index is 12.0. The van der Waals surface area contributed by atoms with Gasteiger partial charge in [-0.2, -0.15) is 0 Å². The second-order valence-corrected chi connectivity index (χ2v) is 5.84. The van der Waals surface area contributed by atoms with E-state index in [4.69, 9.17) is 9.15 Å². The van der Waals surface area contributed by atoms with Crippen LogP contribution in [0.25, 0.3) is 0 Å². The van der Waals surface area contributed by atoms with Gasteiger partial charge >= 0.3 is 0 Å². The van der Waals surface area contributed by atoms with E-state index >= 15 is 0 Å². The largest absolute Gasteiger partial charge is 0.484 e. The smallest absolute Gasteiger partial charge is 0.291 e. The first kappa shape index (κ1) is 18.3. The van der Waals surface area contributed by atoms with Crippen molar-refractivity contribution in [2.75, 3.05) is 17.2 Å². The average molecular weight is 364 g/mol. The summed E-state index contributed by atoms with van der Waals surface area (Å²) in [6.07, 6.45) is 2.40. The third kappa shape index (κ3) is 5.22. The van der Waals surface area contributed by atoms with Crippen LogP contribution in [0.5, 0.6) is 5.75 Å². The number of hydrogen-bond acceptors (Lipinski definition) is 4. The van der Waals surface area contributed by atoms with Crippen LogP contribution in [0.1, 0.15) is 23.0 Å². The van der Waals surface area contributed by atoms with Crippen LogP contribution in [0.2, 0.25) is 0 Å². The van der Waals surface area contributed by atoms with Crippen molar-refractivity contribution >= 4 is 23.2 Å². The first-order valence-corrected chi connectivity index (χ1v) is 8.60. The average Bonchev–Trinajstić information content (AvgIpc) is 3.23. The van der Waals surface area contributed by atoms with Gasteiger partial charge in [0.25, 0.3) is 11.8 Å². The third-order valence-electron chi connectivity index (χ3n) is 3.87. The van der Waals surface area contributed by atoms with E-state index in [1.807, 2.05) is 24.3 Å². The molecule has 0 saturated heterocycles. The molecule has 6 heteroatoms. The lowest BCUT2D eigenvalue weighted by Crippen LogP contribution is -2.20. The summed E-state index contributed by atoms with van der Waals surface area (Å²) in [6, 6.07) is 17.7. The van der Waals surface area contributed by atoms with Crippen molar-refractivity contribution in [1.82, 2.24) is 0 Å². The number of rotatable bonds is 7. The maximum Gasteiger partial charge on any atom is 0.291 e. The van der Waals surface area contributed by atoms with Gasteiger partial charge in [-0.05, 0) is 60.5 Å². The van der Waals surface area contributed by atoms with Crippen LogP contribution in [0.15, 0.2) is 71.3 Å². The summed E-state index contributed by atoms with van der Waals surface area (Å²) < 4.78 is 10.5. The van der Waals surface area contributed by atoms with Crippen LogP contribution >= 0.6 is 0 Å². The van der Waals surface area contributed by atoms with Crippen LogP contribution in [-0.2, 0) is 11.2 Å². The van der Waals surface area contributed by atoms with Crippen LogP contribution < -0.4 is 15.4 Å². The number of amides is 2. The first-order valence-electron chi connectivity index (χ1n) is 8.60. The predicted molar refractivity (Wildman–Crippen MR) is 103 cm³/mol. The molecule has 3 rings (SSSR count). The number of furan rings is 1. The number of anilines is 2. The summed E-state index contributed by atoms with van der Waals surface area (Å²) in [5, 5.41) is 5.46. The highest BCUT2D eigenvalue weighted by Crippen LogP contribution is 2.16. The van der Waals surface area contributed by atoms with Crippen molar-refractivity contribution < 1.29 is 18.7 Å². The van der Waals surface area contributed by atoms with Gasteiger partial charge in [-0.15, -0.1) is 0 Å². The molecule has 0 unspecified atom stereocenters. The maximum atomic E-state index is 12.0. The van der Waals surface area contributed by atoms with Crippen molar-refractivity contribution in [2.45, 2.75) is 13.3 Å². The Morgan fingerprint density at radius 1 is 0.926 bits per heavy atom. The zero-order valence-electron chi connectivity index (χ0n) is 14.9. The second-order valence-electron chi connectivity index (χ2n) is 5.84. The molecule has 0 aliphatic rings. The first-order chi connectivity index (χ1) is 13.1. The van der Waals surface area contributed by atoms with Crippen LogP contribution in [0.3, 0.4) is 0 Å². The van der Waals surface area contributed by atoms with E-state index < -0.39 is 0 Å². The van der Waals surface area contributed by atoms with E-state index in [0.29, 0.717) is 17.1 Å². The number of hydrogen-bond donors (Lipinski definition) is 2. The topological polar surface area (TPSA) is 80.6 Å². The minimum Gasteiger partial charge on any atom is -0.484 e. The lowest BCUT2D eigenvalue weighted by atomic mass is 10.2. The number of aryl methyl sites for hydroxylation is 1. The van der Waals surface area contributed by atoms with Gasteiger partial charge in [-0.1, -0.05) is 19.1 Å². The summed E-state index contributed by atoms with van der Waals surface area (Å²) in [6.45, 7) is 2.00. The van der Waals surface area contributed by atoms with Gasteiger partial charge in [0.05, 0.1) is 6.26 Å². The van der Waals surface area contributed by atoms with Crippen LogP contribution in [0.4, 0.5) is 11.4 Å². The fraction of sp³-hybridized carbons (Fsp3) is 0.143. The molecule has 138 valence electrons. The van der Waals surface area contributed by atoms with Crippen molar-refractivity contribution in [3.05, 3.63) is 78.3 Å². The molecule has 0 aliphatic heterocycles. The summed E-state index contributed by atoms with van der Waals surface area (Å²) >= 11 is 0. The summed E-state index contributed by atoms with van der Waals surface area (Å²) in [5.41, 5.74) is 2.42. The molecule has 27 heavy (non-hydrogen) atoms.